The maximum atomic E-state index is 13.7. The molecular weight excluding hydrogens is 508 g/mol. The van der Waals surface area contributed by atoms with E-state index >= 15 is 0 Å². The van der Waals surface area contributed by atoms with Crippen LogP contribution in [-0.2, 0) is 20.3 Å². The molecule has 0 fully saturated rings. The van der Waals surface area contributed by atoms with Crippen LogP contribution in [0.2, 0.25) is 0 Å². The SMILES string of the molecule is COc1cccc(OC)c1-n1c(CS(=O)(=O)[C@@H](C)[C@@H](OC)c2ncc(C)cn2)nnc1-c1cncc(C)c1. The zero-order chi connectivity index (χ0) is 27.4. The Kier molecular flexibility index (Phi) is 8.02. The Morgan fingerprint density at radius 3 is 2.16 bits per heavy atom. The number of para-hydroxylation sites is 1. The molecule has 0 unspecified atom stereocenters. The highest BCUT2D eigenvalue weighted by atomic mass is 32.2. The van der Waals surface area contributed by atoms with Crippen LogP contribution in [-0.4, -0.2) is 64.7 Å². The lowest BCUT2D eigenvalue weighted by Crippen LogP contribution is -2.30. The summed E-state index contributed by atoms with van der Waals surface area (Å²) in [5.74, 6) is 1.34. The summed E-state index contributed by atoms with van der Waals surface area (Å²) < 4.78 is 45.9. The molecule has 0 radical (unpaired) electrons. The fourth-order valence-corrected chi connectivity index (χ4v) is 5.54. The van der Waals surface area contributed by atoms with E-state index in [1.54, 1.807) is 54.5 Å². The van der Waals surface area contributed by atoms with Crippen LogP contribution in [0.15, 0.2) is 49.1 Å². The number of methoxy groups -OCH3 is 3. The largest absolute Gasteiger partial charge is 0.494 e. The van der Waals surface area contributed by atoms with Crippen molar-refractivity contribution < 1.29 is 22.6 Å². The van der Waals surface area contributed by atoms with Crippen LogP contribution in [0.3, 0.4) is 0 Å². The van der Waals surface area contributed by atoms with Crippen LogP contribution in [0.5, 0.6) is 11.5 Å². The summed E-state index contributed by atoms with van der Waals surface area (Å²) in [6, 6.07) is 7.19. The van der Waals surface area contributed by atoms with E-state index in [1.807, 2.05) is 19.9 Å². The summed E-state index contributed by atoms with van der Waals surface area (Å²) in [5, 5.41) is 7.70. The number of aromatic nitrogens is 6. The molecule has 4 rings (SSSR count). The van der Waals surface area contributed by atoms with Crippen LogP contribution >= 0.6 is 0 Å². The quantitative estimate of drug-likeness (QED) is 0.296. The zero-order valence-corrected chi connectivity index (χ0v) is 22.9. The van der Waals surface area contributed by atoms with Gasteiger partial charge in [0.25, 0.3) is 0 Å². The number of hydrogen-bond donors (Lipinski definition) is 0. The first-order valence-corrected chi connectivity index (χ1v) is 13.5. The zero-order valence-electron chi connectivity index (χ0n) is 22.1. The molecular formula is C26H30N6O5S. The molecule has 0 N–H and O–H groups in total. The van der Waals surface area contributed by atoms with E-state index in [1.165, 1.54) is 21.3 Å². The van der Waals surface area contributed by atoms with Gasteiger partial charge in [0.05, 0.1) is 19.5 Å². The van der Waals surface area contributed by atoms with Gasteiger partial charge in [0.2, 0.25) is 0 Å². The normalized spacial score (nSPS) is 13.2. The molecule has 0 aliphatic heterocycles. The Balaban J connectivity index is 1.84. The number of nitrogens with zero attached hydrogens (tertiary/aromatic N) is 6. The van der Waals surface area contributed by atoms with Gasteiger partial charge in [-0.1, -0.05) is 6.07 Å². The molecule has 3 aromatic heterocycles. The van der Waals surface area contributed by atoms with Gasteiger partial charge in [0, 0.05) is 37.5 Å². The van der Waals surface area contributed by atoms with Gasteiger partial charge < -0.3 is 14.2 Å². The summed E-state index contributed by atoms with van der Waals surface area (Å²) >= 11 is 0. The Bertz CT molecular complexity index is 1500. The first-order chi connectivity index (χ1) is 18.2. The molecule has 200 valence electrons. The van der Waals surface area contributed by atoms with Gasteiger partial charge in [-0.25, -0.2) is 18.4 Å². The van der Waals surface area contributed by atoms with E-state index in [9.17, 15) is 8.42 Å². The van der Waals surface area contributed by atoms with Gasteiger partial charge in [-0.15, -0.1) is 10.2 Å². The first kappa shape index (κ1) is 27.1. The topological polar surface area (TPSA) is 131 Å². The second-order valence-electron chi connectivity index (χ2n) is 8.82. The molecule has 38 heavy (non-hydrogen) atoms. The fraction of sp³-hybridized carbons (Fsp3) is 0.346. The molecule has 0 aliphatic carbocycles. The Hall–Kier alpha value is -3.90. The number of ether oxygens (including phenoxy) is 3. The molecule has 4 aromatic rings. The second kappa shape index (κ2) is 11.2. The molecule has 0 amide bonds. The number of rotatable bonds is 10. The number of hydrogen-bond acceptors (Lipinski definition) is 10. The van der Waals surface area contributed by atoms with E-state index in [-0.39, 0.29) is 11.6 Å². The number of pyridine rings is 1. The smallest absolute Gasteiger partial charge is 0.170 e. The third-order valence-corrected chi connectivity index (χ3v) is 8.16. The minimum absolute atomic E-state index is 0.177. The molecule has 1 aromatic carbocycles. The minimum Gasteiger partial charge on any atom is -0.494 e. The highest BCUT2D eigenvalue weighted by molar-refractivity contribution is 7.91. The van der Waals surface area contributed by atoms with E-state index in [0.717, 1.165) is 11.1 Å². The first-order valence-electron chi connectivity index (χ1n) is 11.8. The molecule has 0 bridgehead atoms. The van der Waals surface area contributed by atoms with Crippen LogP contribution < -0.4 is 9.47 Å². The second-order valence-corrected chi connectivity index (χ2v) is 11.2. The lowest BCUT2D eigenvalue weighted by molar-refractivity contribution is 0.0947. The van der Waals surface area contributed by atoms with Gasteiger partial charge in [-0.2, -0.15) is 0 Å². The molecule has 0 spiro atoms. The average molecular weight is 539 g/mol. The van der Waals surface area contributed by atoms with E-state index < -0.39 is 26.9 Å². The highest BCUT2D eigenvalue weighted by Crippen LogP contribution is 2.37. The third-order valence-electron chi connectivity index (χ3n) is 6.12. The van der Waals surface area contributed by atoms with Gasteiger partial charge in [0.15, 0.2) is 27.3 Å². The lowest BCUT2D eigenvalue weighted by atomic mass is 10.2. The molecule has 11 nitrogen and oxygen atoms in total. The molecule has 3 heterocycles. The summed E-state index contributed by atoms with van der Waals surface area (Å²) in [4.78, 5) is 12.8. The van der Waals surface area contributed by atoms with E-state index in [2.05, 4.69) is 25.1 Å². The van der Waals surface area contributed by atoms with Crippen molar-refractivity contribution in [3.8, 4) is 28.6 Å². The molecule has 12 heteroatoms. The number of benzene rings is 1. The van der Waals surface area contributed by atoms with Crippen molar-refractivity contribution in [1.29, 1.82) is 0 Å². The summed E-state index contributed by atoms with van der Waals surface area (Å²) in [7, 11) is 0.635. The lowest BCUT2D eigenvalue weighted by Gasteiger charge is -2.22. The average Bonchev–Trinajstić information content (AvgIpc) is 3.31. The maximum absolute atomic E-state index is 13.7. The molecule has 0 saturated carbocycles. The number of sulfone groups is 1. The van der Waals surface area contributed by atoms with Gasteiger partial charge >= 0.3 is 0 Å². The summed E-state index contributed by atoms with van der Waals surface area (Å²) in [6.45, 7) is 5.33. The van der Waals surface area contributed by atoms with Gasteiger partial charge in [-0.3, -0.25) is 9.55 Å². The van der Waals surface area contributed by atoms with Crippen molar-refractivity contribution in [2.45, 2.75) is 37.9 Å². The highest BCUT2D eigenvalue weighted by Gasteiger charge is 2.35. The van der Waals surface area contributed by atoms with Crippen LogP contribution in [0.25, 0.3) is 17.1 Å². The van der Waals surface area contributed by atoms with Crippen molar-refractivity contribution in [3.05, 3.63) is 71.8 Å². The van der Waals surface area contributed by atoms with Crippen molar-refractivity contribution >= 4 is 9.84 Å². The van der Waals surface area contributed by atoms with Crippen molar-refractivity contribution in [2.75, 3.05) is 21.3 Å². The molecule has 0 aliphatic rings. The Labute approximate surface area is 221 Å². The van der Waals surface area contributed by atoms with E-state index in [0.29, 0.717) is 28.6 Å². The minimum atomic E-state index is -3.86. The maximum Gasteiger partial charge on any atom is 0.170 e. The van der Waals surface area contributed by atoms with Crippen LogP contribution in [0.1, 0.15) is 35.8 Å². The Morgan fingerprint density at radius 1 is 0.921 bits per heavy atom. The van der Waals surface area contributed by atoms with Crippen molar-refractivity contribution in [3.63, 3.8) is 0 Å². The van der Waals surface area contributed by atoms with E-state index in [4.69, 9.17) is 14.2 Å². The summed E-state index contributed by atoms with van der Waals surface area (Å²) in [6.07, 6.45) is 5.74. The van der Waals surface area contributed by atoms with Gasteiger partial charge in [0.1, 0.15) is 29.0 Å². The van der Waals surface area contributed by atoms with Crippen LogP contribution in [0.4, 0.5) is 0 Å². The molecule has 2 atom stereocenters. The Morgan fingerprint density at radius 2 is 1.58 bits per heavy atom. The van der Waals surface area contributed by atoms with Gasteiger partial charge in [-0.05, 0) is 50.1 Å². The third kappa shape index (κ3) is 5.36. The number of aryl methyl sites for hydroxylation is 2. The van der Waals surface area contributed by atoms with Crippen molar-refractivity contribution in [1.82, 2.24) is 29.7 Å². The molecule has 0 saturated heterocycles. The predicted molar refractivity (Wildman–Crippen MR) is 141 cm³/mol. The monoisotopic (exact) mass is 538 g/mol. The predicted octanol–water partition coefficient (Wildman–Crippen LogP) is 3.44. The summed E-state index contributed by atoms with van der Waals surface area (Å²) in [5.41, 5.74) is 2.90. The standard InChI is InChI=1S/C26H30N6O5S/c1-16-10-19(14-27-11-16)26-31-30-22(32(26)23-20(35-4)8-7-9-21(23)36-5)15-38(33,34)18(3)24(37-6)25-28-12-17(2)13-29-25/h7-14,18,24H,15H2,1-6H3/t18-,24+/m0/s1. The fourth-order valence-electron chi connectivity index (χ4n) is 4.12. The van der Waals surface area contributed by atoms with Crippen LogP contribution in [0, 0.1) is 13.8 Å². The van der Waals surface area contributed by atoms with Crippen molar-refractivity contribution in [2.24, 2.45) is 0 Å².